The van der Waals surface area contributed by atoms with E-state index in [1.165, 1.54) is 0 Å². The zero-order valence-electron chi connectivity index (χ0n) is 17.9. The molecule has 3 N–H and O–H groups in total. The lowest BCUT2D eigenvalue weighted by atomic mass is 9.88. The standard InChI is InChI=1S/C22H28N6O3/c1-15-13-19(30-2)26-21(25-15)27-9-7-22(8-10-27)20(29)28(11-12-31-22)14-18(24)16-5-3-4-6-17(16)23/h3-6,13,24H,7-12,14,23H2,1-2H3. The van der Waals surface area contributed by atoms with Gasteiger partial charge in [0, 0.05) is 55.5 Å². The molecule has 4 rings (SSSR count). The number of nitrogens with two attached hydrogens (primary N) is 1. The first kappa shape index (κ1) is 21.0. The number of para-hydroxylation sites is 1. The predicted octanol–water partition coefficient (Wildman–Crippen LogP) is 1.64. The number of carbonyl (C=O) groups excluding carboxylic acids is 1. The summed E-state index contributed by atoms with van der Waals surface area (Å²) in [5, 5.41) is 8.45. The third-order valence-corrected chi connectivity index (χ3v) is 5.93. The van der Waals surface area contributed by atoms with Crippen LogP contribution in [0.15, 0.2) is 30.3 Å². The minimum atomic E-state index is -0.856. The summed E-state index contributed by atoms with van der Waals surface area (Å²) < 4.78 is 11.3. The van der Waals surface area contributed by atoms with Gasteiger partial charge >= 0.3 is 0 Å². The fourth-order valence-electron chi connectivity index (χ4n) is 4.20. The molecular weight excluding hydrogens is 396 g/mol. The maximum atomic E-state index is 13.4. The maximum Gasteiger partial charge on any atom is 0.255 e. The van der Waals surface area contributed by atoms with E-state index in [4.69, 9.17) is 20.6 Å². The first-order valence-corrected chi connectivity index (χ1v) is 10.4. The maximum absolute atomic E-state index is 13.4. The number of morpholine rings is 1. The molecule has 1 aromatic carbocycles. The van der Waals surface area contributed by atoms with Crippen molar-refractivity contribution >= 4 is 23.3 Å². The van der Waals surface area contributed by atoms with Crippen LogP contribution in [0.2, 0.25) is 0 Å². The molecule has 0 atom stereocenters. The average Bonchev–Trinajstić information content (AvgIpc) is 2.77. The van der Waals surface area contributed by atoms with Crippen LogP contribution in [-0.4, -0.2) is 72.0 Å². The molecule has 0 saturated carbocycles. The van der Waals surface area contributed by atoms with Gasteiger partial charge in [0.15, 0.2) is 0 Å². The third-order valence-electron chi connectivity index (χ3n) is 5.93. The number of benzene rings is 1. The molecule has 3 heterocycles. The molecule has 31 heavy (non-hydrogen) atoms. The van der Waals surface area contributed by atoms with E-state index in [1.807, 2.05) is 25.1 Å². The number of anilines is 2. The largest absolute Gasteiger partial charge is 0.481 e. The van der Waals surface area contributed by atoms with Gasteiger partial charge in [-0.15, -0.1) is 0 Å². The molecule has 0 unspecified atom stereocenters. The molecule has 9 nitrogen and oxygen atoms in total. The zero-order chi connectivity index (χ0) is 22.0. The van der Waals surface area contributed by atoms with Crippen molar-refractivity contribution in [2.75, 3.05) is 50.5 Å². The summed E-state index contributed by atoms with van der Waals surface area (Å²) in [6.45, 7) is 4.26. The number of rotatable bonds is 5. The summed E-state index contributed by atoms with van der Waals surface area (Å²) in [5.74, 6) is 1.08. The van der Waals surface area contributed by atoms with E-state index in [9.17, 15) is 4.79 Å². The summed E-state index contributed by atoms with van der Waals surface area (Å²) >= 11 is 0. The first-order valence-electron chi connectivity index (χ1n) is 10.4. The molecule has 1 spiro atoms. The van der Waals surface area contributed by atoms with Gasteiger partial charge in [0.25, 0.3) is 5.91 Å². The first-order chi connectivity index (χ1) is 14.9. The van der Waals surface area contributed by atoms with E-state index in [-0.39, 0.29) is 12.5 Å². The van der Waals surface area contributed by atoms with Crippen molar-refractivity contribution < 1.29 is 14.3 Å². The Morgan fingerprint density at radius 1 is 1.26 bits per heavy atom. The van der Waals surface area contributed by atoms with Crippen LogP contribution < -0.4 is 15.4 Å². The number of ether oxygens (including phenoxy) is 2. The lowest BCUT2D eigenvalue weighted by Crippen LogP contribution is -2.61. The molecule has 2 aliphatic rings. The number of hydrogen-bond acceptors (Lipinski definition) is 8. The van der Waals surface area contributed by atoms with E-state index in [1.54, 1.807) is 24.1 Å². The molecule has 1 amide bonds. The fourth-order valence-corrected chi connectivity index (χ4v) is 4.20. The van der Waals surface area contributed by atoms with Crippen LogP contribution in [0.5, 0.6) is 5.88 Å². The molecule has 1 aromatic heterocycles. The van der Waals surface area contributed by atoms with E-state index in [0.717, 1.165) is 5.69 Å². The fraction of sp³-hybridized carbons (Fsp3) is 0.455. The Bertz CT molecular complexity index is 987. The van der Waals surface area contributed by atoms with Gasteiger partial charge in [0.05, 0.1) is 26.0 Å². The number of aromatic nitrogens is 2. The molecular formula is C22H28N6O3. The number of piperidine rings is 1. The van der Waals surface area contributed by atoms with E-state index < -0.39 is 5.60 Å². The van der Waals surface area contributed by atoms with Gasteiger partial charge in [-0.25, -0.2) is 4.98 Å². The predicted molar refractivity (Wildman–Crippen MR) is 118 cm³/mol. The van der Waals surface area contributed by atoms with Crippen LogP contribution in [0.25, 0.3) is 0 Å². The van der Waals surface area contributed by atoms with Crippen LogP contribution in [-0.2, 0) is 9.53 Å². The van der Waals surface area contributed by atoms with E-state index >= 15 is 0 Å². The number of amides is 1. The second-order valence-corrected chi connectivity index (χ2v) is 7.97. The van der Waals surface area contributed by atoms with Gasteiger partial charge in [0.1, 0.15) is 5.60 Å². The highest BCUT2D eigenvalue weighted by Crippen LogP contribution is 2.33. The molecule has 0 radical (unpaired) electrons. The van der Waals surface area contributed by atoms with Crippen molar-refractivity contribution in [3.8, 4) is 5.88 Å². The van der Waals surface area contributed by atoms with Gasteiger partial charge in [-0.1, -0.05) is 18.2 Å². The Morgan fingerprint density at radius 3 is 2.71 bits per heavy atom. The van der Waals surface area contributed by atoms with Gasteiger partial charge in [0.2, 0.25) is 11.8 Å². The van der Waals surface area contributed by atoms with E-state index in [2.05, 4.69) is 14.9 Å². The van der Waals surface area contributed by atoms with Crippen molar-refractivity contribution in [3.63, 3.8) is 0 Å². The van der Waals surface area contributed by atoms with Gasteiger partial charge in [-0.2, -0.15) is 4.98 Å². The Hall–Kier alpha value is -3.20. The molecule has 2 aliphatic heterocycles. The summed E-state index contributed by atoms with van der Waals surface area (Å²) in [7, 11) is 1.58. The normalized spacial score (nSPS) is 18.3. The summed E-state index contributed by atoms with van der Waals surface area (Å²) in [6, 6.07) is 9.05. The summed E-state index contributed by atoms with van der Waals surface area (Å²) in [5.41, 5.74) is 7.52. The number of methoxy groups -OCH3 is 1. The Morgan fingerprint density at radius 2 is 2.00 bits per heavy atom. The van der Waals surface area contributed by atoms with Crippen molar-refractivity contribution in [1.82, 2.24) is 14.9 Å². The smallest absolute Gasteiger partial charge is 0.255 e. The monoisotopic (exact) mass is 424 g/mol. The highest BCUT2D eigenvalue weighted by Gasteiger charge is 2.47. The number of nitrogens with zero attached hydrogens (tertiary/aromatic N) is 4. The minimum Gasteiger partial charge on any atom is -0.481 e. The van der Waals surface area contributed by atoms with Crippen molar-refractivity contribution in [2.45, 2.75) is 25.4 Å². The Labute approximate surface area is 181 Å². The van der Waals surface area contributed by atoms with Crippen molar-refractivity contribution in [1.29, 1.82) is 5.41 Å². The number of nitrogen functional groups attached to an aromatic ring is 1. The molecule has 0 aliphatic carbocycles. The van der Waals surface area contributed by atoms with Crippen molar-refractivity contribution in [2.24, 2.45) is 0 Å². The number of carbonyl (C=O) groups is 1. The molecule has 0 bridgehead atoms. The van der Waals surface area contributed by atoms with Gasteiger partial charge in [-0.05, 0) is 13.0 Å². The van der Waals surface area contributed by atoms with Crippen LogP contribution in [0.1, 0.15) is 24.1 Å². The summed E-state index contributed by atoms with van der Waals surface area (Å²) in [4.78, 5) is 26.1. The highest BCUT2D eigenvalue weighted by atomic mass is 16.5. The number of aryl methyl sites for hydroxylation is 1. The molecule has 2 saturated heterocycles. The molecule has 2 fully saturated rings. The van der Waals surface area contributed by atoms with Crippen LogP contribution >= 0.6 is 0 Å². The van der Waals surface area contributed by atoms with Gasteiger partial charge < -0.3 is 30.4 Å². The second-order valence-electron chi connectivity index (χ2n) is 7.97. The molecule has 9 heteroatoms. The Kier molecular flexibility index (Phi) is 5.77. The van der Waals surface area contributed by atoms with Crippen LogP contribution in [0.3, 0.4) is 0 Å². The third kappa shape index (κ3) is 4.18. The van der Waals surface area contributed by atoms with E-state index in [0.29, 0.717) is 67.9 Å². The molecule has 164 valence electrons. The molecule has 2 aromatic rings. The minimum absolute atomic E-state index is 0.0552. The van der Waals surface area contributed by atoms with Crippen LogP contribution in [0, 0.1) is 12.3 Å². The Balaban J connectivity index is 1.44. The number of nitrogens with one attached hydrogen (secondary N) is 1. The average molecular weight is 425 g/mol. The lowest BCUT2D eigenvalue weighted by molar-refractivity contribution is -0.174. The van der Waals surface area contributed by atoms with Crippen LogP contribution in [0.4, 0.5) is 11.6 Å². The second kappa shape index (κ2) is 8.50. The topological polar surface area (TPSA) is 118 Å². The number of hydrogen-bond donors (Lipinski definition) is 2. The lowest BCUT2D eigenvalue weighted by Gasteiger charge is -2.46. The SMILES string of the molecule is COc1cc(C)nc(N2CCC3(CC2)OCCN(CC(=N)c2ccccc2N)C3=O)n1. The van der Waals surface area contributed by atoms with Gasteiger partial charge in [-0.3, -0.25) is 4.79 Å². The van der Waals surface area contributed by atoms with Crippen molar-refractivity contribution in [3.05, 3.63) is 41.6 Å². The zero-order valence-corrected chi connectivity index (χ0v) is 17.9. The quantitative estimate of drug-likeness (QED) is 0.553. The highest BCUT2D eigenvalue weighted by molar-refractivity contribution is 6.05. The summed E-state index contributed by atoms with van der Waals surface area (Å²) in [6.07, 6.45) is 1.09.